The Balaban J connectivity index is 1.95. The zero-order valence-corrected chi connectivity index (χ0v) is 13.4. The molecule has 0 aromatic carbocycles. The van der Waals surface area contributed by atoms with Gasteiger partial charge in [-0.25, -0.2) is 4.98 Å². The highest BCUT2D eigenvalue weighted by atomic mass is 32.1. The first-order chi connectivity index (χ1) is 9.45. The highest BCUT2D eigenvalue weighted by Gasteiger charge is 2.21. The normalized spacial score (nSPS) is 19.1. The summed E-state index contributed by atoms with van der Waals surface area (Å²) in [6, 6.07) is 0. The van der Waals surface area contributed by atoms with Crippen LogP contribution in [0, 0.1) is 12.8 Å². The summed E-state index contributed by atoms with van der Waals surface area (Å²) >= 11 is 1.57. The molecule has 1 aliphatic rings. The third-order valence-corrected chi connectivity index (χ3v) is 5.44. The Morgan fingerprint density at radius 1 is 1.50 bits per heavy atom. The van der Waals surface area contributed by atoms with Gasteiger partial charge in [-0.2, -0.15) is 0 Å². The lowest BCUT2D eigenvalue weighted by Crippen LogP contribution is -2.35. The fourth-order valence-corrected chi connectivity index (χ4v) is 3.77. The van der Waals surface area contributed by atoms with Crippen LogP contribution in [0.2, 0.25) is 0 Å². The Morgan fingerprint density at radius 3 is 2.75 bits per heavy atom. The predicted molar refractivity (Wildman–Crippen MR) is 81.4 cm³/mol. The SMILES string of the molecule is Cc1nc(C(C)CN2CCC(C)CC2)sc1CC(=O)O. The molecule has 1 aromatic rings. The molecular weight excluding hydrogens is 272 g/mol. The van der Waals surface area contributed by atoms with Gasteiger partial charge in [-0.15, -0.1) is 11.3 Å². The Hall–Kier alpha value is -0.940. The quantitative estimate of drug-likeness (QED) is 0.907. The van der Waals surface area contributed by atoms with Gasteiger partial charge in [0.1, 0.15) is 0 Å². The number of carbonyl (C=O) groups is 1. The second-order valence-electron chi connectivity index (χ2n) is 6.02. The van der Waals surface area contributed by atoms with Gasteiger partial charge in [-0.05, 0) is 38.8 Å². The molecular formula is C15H24N2O2S. The van der Waals surface area contributed by atoms with E-state index in [0.29, 0.717) is 5.92 Å². The molecule has 5 heteroatoms. The molecule has 1 fully saturated rings. The van der Waals surface area contributed by atoms with Gasteiger partial charge < -0.3 is 10.0 Å². The molecule has 1 aromatic heterocycles. The number of thiazole rings is 1. The summed E-state index contributed by atoms with van der Waals surface area (Å²) in [5.74, 6) is 0.460. The van der Waals surface area contributed by atoms with E-state index < -0.39 is 5.97 Å². The average molecular weight is 296 g/mol. The van der Waals surface area contributed by atoms with Gasteiger partial charge in [0.15, 0.2) is 0 Å². The van der Waals surface area contributed by atoms with Crippen molar-refractivity contribution in [3.63, 3.8) is 0 Å². The van der Waals surface area contributed by atoms with Crippen LogP contribution in [0.25, 0.3) is 0 Å². The molecule has 20 heavy (non-hydrogen) atoms. The zero-order chi connectivity index (χ0) is 14.7. The number of hydrogen-bond donors (Lipinski definition) is 1. The molecule has 2 heterocycles. The average Bonchev–Trinajstić information content (AvgIpc) is 2.73. The van der Waals surface area contributed by atoms with Crippen LogP contribution in [0.15, 0.2) is 0 Å². The molecule has 1 unspecified atom stereocenters. The molecule has 1 saturated heterocycles. The Morgan fingerprint density at radius 2 is 2.15 bits per heavy atom. The van der Waals surface area contributed by atoms with E-state index in [0.717, 1.165) is 28.0 Å². The van der Waals surface area contributed by atoms with Gasteiger partial charge in [0.2, 0.25) is 0 Å². The second-order valence-corrected chi connectivity index (χ2v) is 7.13. The first-order valence-corrected chi connectivity index (χ1v) is 8.17. The van der Waals surface area contributed by atoms with Crippen LogP contribution < -0.4 is 0 Å². The highest BCUT2D eigenvalue weighted by molar-refractivity contribution is 7.11. The van der Waals surface area contributed by atoms with Gasteiger partial charge >= 0.3 is 5.97 Å². The maximum absolute atomic E-state index is 10.8. The predicted octanol–water partition coefficient (Wildman–Crippen LogP) is 2.91. The molecule has 0 saturated carbocycles. The largest absolute Gasteiger partial charge is 0.481 e. The highest BCUT2D eigenvalue weighted by Crippen LogP contribution is 2.27. The second kappa shape index (κ2) is 6.68. The maximum atomic E-state index is 10.8. The molecule has 0 bridgehead atoms. The summed E-state index contributed by atoms with van der Waals surface area (Å²) in [7, 11) is 0. The summed E-state index contributed by atoms with van der Waals surface area (Å²) in [6.45, 7) is 9.82. The third kappa shape index (κ3) is 4.03. The fraction of sp³-hybridized carbons (Fsp3) is 0.733. The Bertz CT molecular complexity index is 464. The number of aliphatic carboxylic acids is 1. The van der Waals surface area contributed by atoms with Crippen LogP contribution in [0.1, 0.15) is 48.2 Å². The van der Waals surface area contributed by atoms with Crippen molar-refractivity contribution in [2.24, 2.45) is 5.92 Å². The number of likely N-dealkylation sites (tertiary alicyclic amines) is 1. The van der Waals surface area contributed by atoms with Gasteiger partial charge in [0.05, 0.1) is 17.1 Å². The van der Waals surface area contributed by atoms with Gasteiger partial charge in [-0.1, -0.05) is 13.8 Å². The van der Waals surface area contributed by atoms with Gasteiger partial charge in [0.25, 0.3) is 0 Å². The molecule has 4 nitrogen and oxygen atoms in total. The number of rotatable bonds is 5. The number of carboxylic acids is 1. The molecule has 0 amide bonds. The van der Waals surface area contributed by atoms with Crippen LogP contribution in [0.5, 0.6) is 0 Å². The van der Waals surface area contributed by atoms with E-state index in [-0.39, 0.29) is 6.42 Å². The van der Waals surface area contributed by atoms with E-state index in [9.17, 15) is 4.79 Å². The van der Waals surface area contributed by atoms with Crippen LogP contribution in [-0.4, -0.2) is 40.6 Å². The van der Waals surface area contributed by atoms with Crippen LogP contribution in [0.3, 0.4) is 0 Å². The number of aromatic nitrogens is 1. The minimum atomic E-state index is -0.777. The Kier molecular flexibility index (Phi) is 5.16. The number of nitrogens with zero attached hydrogens (tertiary/aromatic N) is 2. The van der Waals surface area contributed by atoms with Crippen LogP contribution >= 0.6 is 11.3 Å². The van der Waals surface area contributed by atoms with E-state index in [2.05, 4.69) is 23.7 Å². The van der Waals surface area contributed by atoms with Crippen molar-refractivity contribution in [3.05, 3.63) is 15.6 Å². The number of piperidine rings is 1. The smallest absolute Gasteiger partial charge is 0.308 e. The Labute approximate surface area is 124 Å². The van der Waals surface area contributed by atoms with Crippen molar-refractivity contribution in [2.75, 3.05) is 19.6 Å². The van der Waals surface area contributed by atoms with Crippen LogP contribution in [0.4, 0.5) is 0 Å². The van der Waals surface area contributed by atoms with E-state index in [4.69, 9.17) is 5.11 Å². The molecule has 1 N–H and O–H groups in total. The molecule has 0 spiro atoms. The van der Waals surface area contributed by atoms with Gasteiger partial charge in [-0.3, -0.25) is 4.79 Å². The minimum Gasteiger partial charge on any atom is -0.481 e. The van der Waals surface area contributed by atoms with Gasteiger partial charge in [0, 0.05) is 17.3 Å². The summed E-state index contributed by atoms with van der Waals surface area (Å²) in [5, 5.41) is 9.98. The number of carboxylic acid groups (broad SMARTS) is 1. The van der Waals surface area contributed by atoms with Crippen molar-refractivity contribution < 1.29 is 9.90 Å². The maximum Gasteiger partial charge on any atom is 0.308 e. The molecule has 2 rings (SSSR count). The lowest BCUT2D eigenvalue weighted by Gasteiger charge is -2.31. The van der Waals surface area contributed by atoms with Crippen molar-refractivity contribution in [1.29, 1.82) is 0 Å². The lowest BCUT2D eigenvalue weighted by atomic mass is 9.98. The molecule has 1 atom stereocenters. The van der Waals surface area contributed by atoms with E-state index in [1.165, 1.54) is 25.9 Å². The van der Waals surface area contributed by atoms with Crippen molar-refractivity contribution in [2.45, 2.75) is 46.0 Å². The van der Waals surface area contributed by atoms with E-state index >= 15 is 0 Å². The summed E-state index contributed by atoms with van der Waals surface area (Å²) in [6.07, 6.45) is 2.67. The summed E-state index contributed by atoms with van der Waals surface area (Å²) < 4.78 is 0. The minimum absolute atomic E-state index is 0.0947. The first-order valence-electron chi connectivity index (χ1n) is 7.36. The van der Waals surface area contributed by atoms with Crippen molar-refractivity contribution in [3.8, 4) is 0 Å². The van der Waals surface area contributed by atoms with Crippen molar-refractivity contribution >= 4 is 17.3 Å². The number of hydrogen-bond acceptors (Lipinski definition) is 4. The third-order valence-electron chi connectivity index (χ3n) is 4.05. The summed E-state index contributed by atoms with van der Waals surface area (Å²) in [5.41, 5.74) is 0.881. The number of aryl methyl sites for hydroxylation is 1. The van der Waals surface area contributed by atoms with Crippen molar-refractivity contribution in [1.82, 2.24) is 9.88 Å². The monoisotopic (exact) mass is 296 g/mol. The van der Waals surface area contributed by atoms with E-state index in [1.807, 2.05) is 6.92 Å². The molecule has 1 aliphatic heterocycles. The summed E-state index contributed by atoms with van der Waals surface area (Å²) in [4.78, 5) is 18.8. The zero-order valence-electron chi connectivity index (χ0n) is 12.6. The topological polar surface area (TPSA) is 53.4 Å². The molecule has 0 radical (unpaired) electrons. The standard InChI is InChI=1S/C15H24N2O2S/c1-10-4-6-17(7-5-10)9-11(2)15-16-12(3)13(20-15)8-14(18)19/h10-11H,4-9H2,1-3H3,(H,18,19). The molecule has 112 valence electrons. The van der Waals surface area contributed by atoms with E-state index in [1.54, 1.807) is 11.3 Å². The first kappa shape index (κ1) is 15.4. The van der Waals surface area contributed by atoms with Crippen LogP contribution in [-0.2, 0) is 11.2 Å². The molecule has 0 aliphatic carbocycles. The lowest BCUT2D eigenvalue weighted by molar-refractivity contribution is -0.136. The fourth-order valence-electron chi connectivity index (χ4n) is 2.67.